The molecule has 7 nitrogen and oxygen atoms in total. The number of fused-ring (bicyclic) bond motifs is 2. The summed E-state index contributed by atoms with van der Waals surface area (Å²) < 4.78 is 6.86. The van der Waals surface area contributed by atoms with Gasteiger partial charge in [0.05, 0.1) is 16.7 Å². The van der Waals surface area contributed by atoms with Crippen LogP contribution in [-0.4, -0.2) is 98.2 Å². The first-order chi connectivity index (χ1) is 23.8. The summed E-state index contributed by atoms with van der Waals surface area (Å²) in [6.07, 6.45) is 0. The molecule has 0 atom stereocenters. The lowest BCUT2D eigenvalue weighted by Gasteiger charge is -2.26. The summed E-state index contributed by atoms with van der Waals surface area (Å²) in [6, 6.07) is 13.9. The van der Waals surface area contributed by atoms with Gasteiger partial charge in [-0.25, -0.2) is 4.79 Å². The van der Waals surface area contributed by atoms with Crippen LogP contribution in [0.3, 0.4) is 0 Å². The number of benzene rings is 3. The average Bonchev–Trinajstić information content (AvgIpc) is 3.09. The van der Waals surface area contributed by atoms with Gasteiger partial charge in [0.2, 0.25) is 0 Å². The maximum atomic E-state index is 13.8. The smallest absolute Gasteiger partial charge is 0.336 e. The summed E-state index contributed by atoms with van der Waals surface area (Å²) in [7, 11) is 0. The Hall–Kier alpha value is -2.28. The quantitative estimate of drug-likeness (QED) is 0.0599. The highest BCUT2D eigenvalue weighted by Crippen LogP contribution is 2.45. The number of hydrogen-bond donors (Lipinski definition) is 2. The second-order valence-electron chi connectivity index (χ2n) is 11.5. The van der Waals surface area contributed by atoms with Gasteiger partial charge in [-0.3, -0.25) is 14.6 Å². The van der Waals surface area contributed by atoms with Gasteiger partial charge in [-0.05, 0) is 58.9 Å². The maximum absolute atomic E-state index is 13.8. The molecule has 1 aliphatic carbocycles. The molecule has 0 unspecified atom stereocenters. The number of carboxylic acids is 1. The van der Waals surface area contributed by atoms with Crippen LogP contribution in [0, 0.1) is 0 Å². The molecule has 0 radical (unpaired) electrons. The molecule has 0 spiro atoms. The first kappa shape index (κ1) is 39.5. The molecule has 49 heavy (non-hydrogen) atoms. The second kappa shape index (κ2) is 20.5. The van der Waals surface area contributed by atoms with Gasteiger partial charge in [0.1, 0.15) is 17.1 Å². The normalized spacial score (nSPS) is 11.8. The van der Waals surface area contributed by atoms with E-state index >= 15 is 0 Å². The van der Waals surface area contributed by atoms with Crippen LogP contribution in [0.25, 0.3) is 33.4 Å². The SMILES string of the molecule is CCSCCN(CCSCC)Cc1c2oc3c(CN(CCSCC)CCSCC)c(O)ccc3c(-c3ccccc3C(=O)O)c-2ccc1=O. The Morgan fingerprint density at radius 2 is 1.22 bits per heavy atom. The van der Waals surface area contributed by atoms with Crippen molar-refractivity contribution in [1.82, 2.24) is 9.80 Å². The van der Waals surface area contributed by atoms with Gasteiger partial charge in [0.15, 0.2) is 5.43 Å². The molecule has 2 N–H and O–H groups in total. The van der Waals surface area contributed by atoms with E-state index in [-0.39, 0.29) is 16.7 Å². The van der Waals surface area contributed by atoms with E-state index in [9.17, 15) is 19.8 Å². The van der Waals surface area contributed by atoms with Gasteiger partial charge in [-0.15, -0.1) is 0 Å². The van der Waals surface area contributed by atoms with Gasteiger partial charge < -0.3 is 14.6 Å². The molecular formula is C38H50N2O5S4. The third-order valence-electron chi connectivity index (χ3n) is 8.41. The molecule has 11 heteroatoms. The summed E-state index contributed by atoms with van der Waals surface area (Å²) in [5.74, 6) is 7.56. The highest BCUT2D eigenvalue weighted by molar-refractivity contribution is 7.99. The predicted octanol–water partition coefficient (Wildman–Crippen LogP) is 8.59. The fourth-order valence-electron chi connectivity index (χ4n) is 5.92. The van der Waals surface area contributed by atoms with Crippen molar-refractivity contribution in [3.8, 4) is 28.2 Å². The van der Waals surface area contributed by atoms with Crippen LogP contribution < -0.4 is 5.43 Å². The molecule has 0 bridgehead atoms. The molecule has 0 aromatic heterocycles. The van der Waals surface area contributed by atoms with Crippen LogP contribution in [0.15, 0.2) is 57.7 Å². The van der Waals surface area contributed by atoms with Crippen molar-refractivity contribution in [2.75, 3.05) is 72.2 Å². The molecule has 4 rings (SSSR count). The van der Waals surface area contributed by atoms with Crippen LogP contribution in [0.2, 0.25) is 0 Å². The molecule has 2 aromatic carbocycles. The molecule has 0 saturated heterocycles. The highest BCUT2D eigenvalue weighted by atomic mass is 32.2. The van der Waals surface area contributed by atoms with Crippen LogP contribution in [0.4, 0.5) is 0 Å². The Kier molecular flexibility index (Phi) is 16.6. The Bertz CT molecular complexity index is 1660. The number of rotatable bonds is 22. The zero-order chi connectivity index (χ0) is 35.2. The van der Waals surface area contributed by atoms with E-state index in [1.165, 1.54) is 0 Å². The molecule has 0 fully saturated rings. The van der Waals surface area contributed by atoms with E-state index in [1.54, 1.807) is 30.3 Å². The first-order valence-electron chi connectivity index (χ1n) is 17.2. The van der Waals surface area contributed by atoms with E-state index in [1.807, 2.05) is 65.2 Å². The number of thioether (sulfide) groups is 4. The number of nitrogens with zero attached hydrogens (tertiary/aromatic N) is 2. The lowest BCUT2D eigenvalue weighted by Crippen LogP contribution is -2.31. The average molecular weight is 743 g/mol. The predicted molar refractivity (Wildman–Crippen MR) is 216 cm³/mol. The number of carbonyl (C=O) groups is 1. The minimum atomic E-state index is -1.03. The molecule has 0 saturated carbocycles. The molecule has 2 aliphatic rings. The third-order valence-corrected chi connectivity index (χ3v) is 11.9. The Balaban J connectivity index is 1.97. The van der Waals surface area contributed by atoms with Gasteiger partial charge in [-0.2, -0.15) is 47.0 Å². The third kappa shape index (κ3) is 10.6. The minimum Gasteiger partial charge on any atom is -0.507 e. The van der Waals surface area contributed by atoms with Gasteiger partial charge >= 0.3 is 5.97 Å². The molecule has 1 heterocycles. The van der Waals surface area contributed by atoms with Crippen molar-refractivity contribution in [1.29, 1.82) is 0 Å². The van der Waals surface area contributed by atoms with Crippen LogP contribution in [0.5, 0.6) is 5.75 Å². The molecule has 2 aromatic rings. The molecule has 1 aliphatic heterocycles. The number of carboxylic acid groups (broad SMARTS) is 1. The largest absolute Gasteiger partial charge is 0.507 e. The van der Waals surface area contributed by atoms with Crippen molar-refractivity contribution in [3.63, 3.8) is 0 Å². The summed E-state index contributed by atoms with van der Waals surface area (Å²) >= 11 is 7.54. The summed E-state index contributed by atoms with van der Waals surface area (Å²) in [5.41, 5.74) is 3.68. The lowest BCUT2D eigenvalue weighted by molar-refractivity contribution is 0.0697. The number of phenols is 1. The van der Waals surface area contributed by atoms with Crippen LogP contribution >= 0.6 is 47.0 Å². The van der Waals surface area contributed by atoms with E-state index in [2.05, 4.69) is 37.5 Å². The maximum Gasteiger partial charge on any atom is 0.336 e. The van der Waals surface area contributed by atoms with E-state index in [4.69, 9.17) is 4.42 Å². The van der Waals surface area contributed by atoms with E-state index in [0.717, 1.165) is 72.2 Å². The zero-order valence-corrected chi connectivity index (χ0v) is 32.4. The van der Waals surface area contributed by atoms with Crippen LogP contribution in [0.1, 0.15) is 49.2 Å². The number of hydrogen-bond acceptors (Lipinski definition) is 10. The lowest BCUT2D eigenvalue weighted by atomic mass is 9.88. The Morgan fingerprint density at radius 3 is 1.76 bits per heavy atom. The van der Waals surface area contributed by atoms with Crippen molar-refractivity contribution < 1.29 is 19.4 Å². The van der Waals surface area contributed by atoms with Crippen molar-refractivity contribution >= 4 is 64.0 Å². The standard InChI is InChI=1S/C38H50N2O5S4/c1-5-46-21-17-39(18-22-47-6-2)25-31-33(41)15-13-29-35(27-11-9-10-12-28(27)38(43)44)30-14-16-34(42)32(37(30)45-36(29)31)26-40(19-23-48-7-3)20-24-49-8-4/h9-16,41H,5-8,17-26H2,1-4H3,(H,43,44). The van der Waals surface area contributed by atoms with Gasteiger partial charge in [0.25, 0.3) is 0 Å². The second-order valence-corrected chi connectivity index (χ2v) is 17.1. The Morgan fingerprint density at radius 1 is 0.694 bits per heavy atom. The monoisotopic (exact) mass is 742 g/mol. The van der Waals surface area contributed by atoms with E-state index < -0.39 is 5.97 Å². The fraction of sp³-hybridized carbons (Fsp3) is 0.474. The zero-order valence-electron chi connectivity index (χ0n) is 29.2. The summed E-state index contributed by atoms with van der Waals surface area (Å²) in [4.78, 5) is 31.0. The van der Waals surface area contributed by atoms with Gasteiger partial charge in [-0.1, -0.05) is 45.9 Å². The van der Waals surface area contributed by atoms with Crippen molar-refractivity contribution in [2.24, 2.45) is 0 Å². The molecule has 0 amide bonds. The molecule has 266 valence electrons. The highest BCUT2D eigenvalue weighted by Gasteiger charge is 2.27. The topological polar surface area (TPSA) is 94.2 Å². The van der Waals surface area contributed by atoms with Gasteiger partial charge in [0, 0.05) is 78.8 Å². The summed E-state index contributed by atoms with van der Waals surface area (Å²) in [6.45, 7) is 12.9. The van der Waals surface area contributed by atoms with Crippen LogP contribution in [-0.2, 0) is 13.1 Å². The van der Waals surface area contributed by atoms with Crippen molar-refractivity contribution in [3.05, 3.63) is 75.4 Å². The summed E-state index contributed by atoms with van der Waals surface area (Å²) in [5, 5.41) is 22.4. The number of phenolic OH excluding ortho intramolecular Hbond substituents is 1. The minimum absolute atomic E-state index is 0.110. The van der Waals surface area contributed by atoms with E-state index in [0.29, 0.717) is 57.6 Å². The number of aromatic hydroxyl groups is 1. The number of aromatic carboxylic acids is 1. The fourth-order valence-corrected chi connectivity index (χ4v) is 8.62. The Labute approximate surface area is 308 Å². The van der Waals surface area contributed by atoms with Crippen molar-refractivity contribution in [2.45, 2.75) is 40.8 Å². The molecular weight excluding hydrogens is 693 g/mol. The first-order valence-corrected chi connectivity index (χ1v) is 21.8.